The first-order valence-electron chi connectivity index (χ1n) is 11.6. The molecule has 194 valence electrons. The summed E-state index contributed by atoms with van der Waals surface area (Å²) in [4.78, 5) is 35.0. The molecule has 0 aliphatic rings. The summed E-state index contributed by atoms with van der Waals surface area (Å²) in [6.07, 6.45) is -3.06. The van der Waals surface area contributed by atoms with Crippen LogP contribution in [0.5, 0.6) is 5.75 Å². The fraction of sp³-hybridized carbons (Fsp3) is 0.185. The molecule has 4 aromatic heterocycles. The van der Waals surface area contributed by atoms with Crippen molar-refractivity contribution in [1.82, 2.24) is 23.9 Å². The Hall–Kier alpha value is -4.67. The summed E-state index contributed by atoms with van der Waals surface area (Å²) in [6, 6.07) is 17.3. The van der Waals surface area contributed by atoms with E-state index in [2.05, 4.69) is 9.97 Å². The van der Waals surface area contributed by atoms with Gasteiger partial charge in [-0.1, -0.05) is 24.3 Å². The summed E-state index contributed by atoms with van der Waals surface area (Å²) in [7, 11) is 1.57. The van der Waals surface area contributed by atoms with E-state index in [1.54, 1.807) is 55.2 Å². The van der Waals surface area contributed by atoms with Crippen molar-refractivity contribution in [2.24, 2.45) is 0 Å². The number of benzene rings is 1. The van der Waals surface area contributed by atoms with Crippen LogP contribution in [0.25, 0.3) is 16.7 Å². The third-order valence-electron chi connectivity index (χ3n) is 6.25. The summed E-state index contributed by atoms with van der Waals surface area (Å²) in [5, 5.41) is 0.260. The van der Waals surface area contributed by atoms with E-state index >= 15 is 0 Å². The molecule has 0 saturated heterocycles. The average Bonchev–Trinajstić information content (AvgIpc) is 3.17. The molecule has 0 N–H and O–H groups in total. The molecule has 0 atom stereocenters. The minimum Gasteiger partial charge on any atom is -0.497 e. The monoisotopic (exact) mass is 521 g/mol. The zero-order valence-electron chi connectivity index (χ0n) is 20.4. The van der Waals surface area contributed by atoms with Crippen LogP contribution in [0, 0.1) is 6.92 Å². The standard InChI is InChI=1S/C27H22F3N5O3/c1-17-25-21(14-24(36)33(17)16-19-6-5-7-22(32-19)27(28,29)30)34(15-18-9-11-20(38-2)12-10-18)35(26(25)37)23-8-3-4-13-31-23/h3-14H,15-16H2,1-2H3. The van der Waals surface area contributed by atoms with Crippen LogP contribution in [0.2, 0.25) is 0 Å². The first-order chi connectivity index (χ1) is 18.2. The number of hydrogen-bond donors (Lipinski definition) is 0. The van der Waals surface area contributed by atoms with Gasteiger partial charge in [0.25, 0.3) is 11.1 Å². The van der Waals surface area contributed by atoms with Crippen molar-refractivity contribution in [1.29, 1.82) is 0 Å². The molecule has 8 nitrogen and oxygen atoms in total. The molecule has 38 heavy (non-hydrogen) atoms. The van der Waals surface area contributed by atoms with E-state index in [-0.39, 0.29) is 24.2 Å². The van der Waals surface area contributed by atoms with Gasteiger partial charge in [-0.3, -0.25) is 14.3 Å². The molecule has 5 aromatic rings. The van der Waals surface area contributed by atoms with Gasteiger partial charge in [-0.15, -0.1) is 0 Å². The second-order valence-electron chi connectivity index (χ2n) is 8.64. The first-order valence-corrected chi connectivity index (χ1v) is 11.6. The average molecular weight is 521 g/mol. The quantitative estimate of drug-likeness (QED) is 0.335. The Morgan fingerprint density at radius 3 is 2.37 bits per heavy atom. The van der Waals surface area contributed by atoms with E-state index < -0.39 is 23.0 Å². The highest BCUT2D eigenvalue weighted by Crippen LogP contribution is 2.27. The number of methoxy groups -OCH3 is 1. The van der Waals surface area contributed by atoms with Crippen LogP contribution in [-0.2, 0) is 19.3 Å². The molecule has 0 saturated carbocycles. The maximum atomic E-state index is 13.8. The molecule has 5 rings (SSSR count). The van der Waals surface area contributed by atoms with Crippen molar-refractivity contribution >= 4 is 10.9 Å². The highest BCUT2D eigenvalue weighted by atomic mass is 19.4. The lowest BCUT2D eigenvalue weighted by atomic mass is 10.2. The fourth-order valence-corrected chi connectivity index (χ4v) is 4.39. The van der Waals surface area contributed by atoms with Crippen LogP contribution in [0.3, 0.4) is 0 Å². The molecule has 0 bridgehead atoms. The Balaban J connectivity index is 1.69. The molecule has 1 aromatic carbocycles. The van der Waals surface area contributed by atoms with E-state index in [0.29, 0.717) is 22.8 Å². The first kappa shape index (κ1) is 25.0. The van der Waals surface area contributed by atoms with Gasteiger partial charge >= 0.3 is 6.18 Å². The fourth-order valence-electron chi connectivity index (χ4n) is 4.39. The van der Waals surface area contributed by atoms with Crippen LogP contribution < -0.4 is 15.9 Å². The van der Waals surface area contributed by atoms with Gasteiger partial charge in [0.2, 0.25) is 0 Å². The summed E-state index contributed by atoms with van der Waals surface area (Å²) in [5.41, 5.74) is -0.340. The Morgan fingerprint density at radius 2 is 1.71 bits per heavy atom. The number of alkyl halides is 3. The number of rotatable bonds is 6. The zero-order valence-corrected chi connectivity index (χ0v) is 20.4. The molecular formula is C27H22F3N5O3. The number of aryl methyl sites for hydroxylation is 1. The molecule has 0 fully saturated rings. The Kier molecular flexibility index (Phi) is 6.35. The number of ether oxygens (including phenoxy) is 1. The lowest BCUT2D eigenvalue weighted by Gasteiger charge is -2.14. The normalized spacial score (nSPS) is 11.7. The number of fused-ring (bicyclic) bond motifs is 1. The largest absolute Gasteiger partial charge is 0.497 e. The van der Waals surface area contributed by atoms with Crippen molar-refractivity contribution < 1.29 is 17.9 Å². The van der Waals surface area contributed by atoms with Gasteiger partial charge in [-0.25, -0.2) is 9.97 Å². The highest BCUT2D eigenvalue weighted by molar-refractivity contribution is 5.81. The van der Waals surface area contributed by atoms with Gasteiger partial charge in [-0.2, -0.15) is 17.9 Å². The van der Waals surface area contributed by atoms with Gasteiger partial charge in [-0.05, 0) is 48.9 Å². The zero-order chi connectivity index (χ0) is 27.0. The highest BCUT2D eigenvalue weighted by Gasteiger charge is 2.32. The van der Waals surface area contributed by atoms with Gasteiger partial charge < -0.3 is 9.30 Å². The Labute approximate surface area is 214 Å². The minimum absolute atomic E-state index is 0.0482. The van der Waals surface area contributed by atoms with Crippen LogP contribution in [0.15, 0.2) is 82.5 Å². The molecule has 11 heteroatoms. The third kappa shape index (κ3) is 4.58. The minimum atomic E-state index is -4.62. The lowest BCUT2D eigenvalue weighted by Crippen LogP contribution is -2.24. The molecule has 0 amide bonds. The number of halogens is 3. The van der Waals surface area contributed by atoms with Crippen molar-refractivity contribution in [3.8, 4) is 11.6 Å². The number of aromatic nitrogens is 5. The smallest absolute Gasteiger partial charge is 0.433 e. The van der Waals surface area contributed by atoms with E-state index in [0.717, 1.165) is 11.6 Å². The van der Waals surface area contributed by atoms with Crippen LogP contribution in [-0.4, -0.2) is 31.0 Å². The predicted molar refractivity (Wildman–Crippen MR) is 135 cm³/mol. The third-order valence-corrected chi connectivity index (χ3v) is 6.25. The van der Waals surface area contributed by atoms with E-state index in [4.69, 9.17) is 4.74 Å². The summed E-state index contributed by atoms with van der Waals surface area (Å²) < 4.78 is 49.0. The predicted octanol–water partition coefficient (Wildman–Crippen LogP) is 4.18. The summed E-state index contributed by atoms with van der Waals surface area (Å²) in [6.45, 7) is 1.62. The second kappa shape index (κ2) is 9.66. The molecule has 0 aliphatic heterocycles. The van der Waals surface area contributed by atoms with Crippen molar-refractivity contribution in [2.45, 2.75) is 26.2 Å². The van der Waals surface area contributed by atoms with Crippen LogP contribution in [0.4, 0.5) is 13.2 Å². The van der Waals surface area contributed by atoms with Crippen molar-refractivity contribution in [2.75, 3.05) is 7.11 Å². The Morgan fingerprint density at radius 1 is 0.947 bits per heavy atom. The number of pyridine rings is 3. The molecular weight excluding hydrogens is 499 g/mol. The summed E-state index contributed by atoms with van der Waals surface area (Å²) in [5.74, 6) is 1.04. The van der Waals surface area contributed by atoms with Gasteiger partial charge in [0.05, 0.1) is 36.8 Å². The number of nitrogens with zero attached hydrogens (tertiary/aromatic N) is 5. The molecule has 0 radical (unpaired) electrons. The van der Waals surface area contributed by atoms with E-state index in [1.807, 2.05) is 12.1 Å². The van der Waals surface area contributed by atoms with Gasteiger partial charge in [0.1, 0.15) is 11.4 Å². The molecule has 0 unspecified atom stereocenters. The second-order valence-corrected chi connectivity index (χ2v) is 8.64. The van der Waals surface area contributed by atoms with Crippen molar-refractivity contribution in [3.05, 3.63) is 116 Å². The van der Waals surface area contributed by atoms with Gasteiger partial charge in [0.15, 0.2) is 5.82 Å². The molecule has 0 aliphatic carbocycles. The SMILES string of the molecule is COc1ccc(Cn2c3cc(=O)n(Cc4cccc(C(F)(F)F)n4)c(C)c3c(=O)n2-c2ccccn2)cc1. The van der Waals surface area contributed by atoms with Crippen LogP contribution in [0.1, 0.15) is 22.6 Å². The van der Waals surface area contributed by atoms with Crippen LogP contribution >= 0.6 is 0 Å². The lowest BCUT2D eigenvalue weighted by molar-refractivity contribution is -0.141. The maximum Gasteiger partial charge on any atom is 0.433 e. The van der Waals surface area contributed by atoms with E-state index in [9.17, 15) is 22.8 Å². The summed E-state index contributed by atoms with van der Waals surface area (Å²) >= 11 is 0. The topological polar surface area (TPSA) is 83.9 Å². The molecule has 0 spiro atoms. The number of hydrogen-bond acceptors (Lipinski definition) is 5. The van der Waals surface area contributed by atoms with E-state index in [1.165, 1.54) is 27.4 Å². The van der Waals surface area contributed by atoms with Crippen molar-refractivity contribution in [3.63, 3.8) is 0 Å². The maximum absolute atomic E-state index is 13.8. The Bertz CT molecular complexity index is 1740. The molecule has 4 heterocycles. The van der Waals surface area contributed by atoms with Gasteiger partial charge in [0, 0.05) is 18.0 Å².